The van der Waals surface area contributed by atoms with Gasteiger partial charge in [0.25, 0.3) is 10.0 Å². The van der Waals surface area contributed by atoms with E-state index in [0.29, 0.717) is 26.1 Å². The summed E-state index contributed by atoms with van der Waals surface area (Å²) in [5.41, 5.74) is 0. The summed E-state index contributed by atoms with van der Waals surface area (Å²) in [7, 11) is -2.54. The summed E-state index contributed by atoms with van der Waals surface area (Å²) in [4.78, 5) is 23.2. The lowest BCUT2D eigenvalue weighted by Gasteiger charge is -2.22. The van der Waals surface area contributed by atoms with Gasteiger partial charge in [-0.15, -0.1) is 0 Å². The van der Waals surface area contributed by atoms with Crippen molar-refractivity contribution in [1.82, 2.24) is 9.62 Å². The SMILES string of the molecule is COCCOCCNC(=O)C1CCCN1S(=O)(=O)c1ccc(C(=O)O)o1. The van der Waals surface area contributed by atoms with E-state index in [-0.39, 0.29) is 19.7 Å². The molecule has 0 spiro atoms. The van der Waals surface area contributed by atoms with Gasteiger partial charge >= 0.3 is 5.97 Å². The molecule has 1 fully saturated rings. The number of nitrogens with one attached hydrogen (secondary N) is 1. The molecule has 1 atom stereocenters. The van der Waals surface area contributed by atoms with Crippen LogP contribution in [0.2, 0.25) is 0 Å². The second kappa shape index (κ2) is 9.12. The highest BCUT2D eigenvalue weighted by Gasteiger charge is 2.41. The molecule has 0 radical (unpaired) electrons. The molecule has 1 aliphatic heterocycles. The minimum Gasteiger partial charge on any atom is -0.475 e. The number of amides is 1. The van der Waals surface area contributed by atoms with E-state index < -0.39 is 38.8 Å². The Morgan fingerprint density at radius 2 is 2.12 bits per heavy atom. The molecule has 1 amide bonds. The van der Waals surface area contributed by atoms with Gasteiger partial charge in [-0.1, -0.05) is 0 Å². The molecular formula is C15H22N2O8S. The molecule has 1 aromatic rings. The molecule has 26 heavy (non-hydrogen) atoms. The monoisotopic (exact) mass is 390 g/mol. The van der Waals surface area contributed by atoms with Gasteiger partial charge in [0.15, 0.2) is 0 Å². The van der Waals surface area contributed by atoms with E-state index in [2.05, 4.69) is 5.32 Å². The number of carboxylic acid groups (broad SMARTS) is 1. The summed E-state index contributed by atoms with van der Waals surface area (Å²) < 4.78 is 41.3. The van der Waals surface area contributed by atoms with Crippen molar-refractivity contribution in [2.75, 3.05) is 40.0 Å². The van der Waals surface area contributed by atoms with Crippen molar-refractivity contribution in [2.24, 2.45) is 0 Å². The van der Waals surface area contributed by atoms with Gasteiger partial charge in [-0.3, -0.25) is 4.79 Å². The van der Waals surface area contributed by atoms with Crippen molar-refractivity contribution in [2.45, 2.75) is 24.0 Å². The molecule has 11 heteroatoms. The van der Waals surface area contributed by atoms with E-state index in [1.165, 1.54) is 0 Å². The summed E-state index contributed by atoms with van der Waals surface area (Å²) in [6.45, 7) is 1.55. The second-order valence-corrected chi connectivity index (χ2v) is 7.42. The number of rotatable bonds is 10. The number of hydrogen-bond acceptors (Lipinski definition) is 7. The highest BCUT2D eigenvalue weighted by atomic mass is 32.2. The molecule has 1 saturated heterocycles. The molecule has 0 bridgehead atoms. The number of sulfonamides is 1. The standard InChI is InChI=1S/C15H22N2O8S/c1-23-9-10-24-8-6-16-14(18)11-3-2-7-17(11)26(21,22)13-5-4-12(25-13)15(19)20/h4-5,11H,2-3,6-10H2,1H3,(H,16,18)(H,19,20). The third kappa shape index (κ3) is 4.81. The summed E-state index contributed by atoms with van der Waals surface area (Å²) in [5, 5.41) is 11.0. The molecule has 1 aromatic heterocycles. The summed E-state index contributed by atoms with van der Waals surface area (Å²) in [5.74, 6) is -2.26. The summed E-state index contributed by atoms with van der Waals surface area (Å²) in [6, 6.07) is 1.28. The molecule has 0 saturated carbocycles. The number of methoxy groups -OCH3 is 1. The first kappa shape index (κ1) is 20.4. The Balaban J connectivity index is 1.97. The van der Waals surface area contributed by atoms with Gasteiger partial charge in [0.2, 0.25) is 16.8 Å². The maximum Gasteiger partial charge on any atom is 0.371 e. The predicted octanol–water partition coefficient (Wildman–Crippen LogP) is -0.0899. The molecule has 0 aromatic carbocycles. The van der Waals surface area contributed by atoms with Crippen LogP contribution >= 0.6 is 0 Å². The Morgan fingerprint density at radius 1 is 1.35 bits per heavy atom. The van der Waals surface area contributed by atoms with Crippen LogP contribution in [0.1, 0.15) is 23.4 Å². The van der Waals surface area contributed by atoms with Crippen molar-refractivity contribution in [3.8, 4) is 0 Å². The van der Waals surface area contributed by atoms with Gasteiger partial charge in [0.05, 0.1) is 19.8 Å². The molecule has 1 unspecified atom stereocenters. The molecule has 0 aliphatic carbocycles. The molecule has 2 N–H and O–H groups in total. The van der Waals surface area contributed by atoms with Gasteiger partial charge in [-0.25, -0.2) is 13.2 Å². The summed E-state index contributed by atoms with van der Waals surface area (Å²) >= 11 is 0. The van der Waals surface area contributed by atoms with Crippen molar-refractivity contribution >= 4 is 21.9 Å². The van der Waals surface area contributed by atoms with Crippen LogP contribution in [0.3, 0.4) is 0 Å². The number of carbonyl (C=O) groups is 2. The summed E-state index contributed by atoms with van der Waals surface area (Å²) in [6.07, 6.45) is 0.899. The zero-order valence-corrected chi connectivity index (χ0v) is 15.2. The second-order valence-electron chi connectivity index (χ2n) is 5.59. The van der Waals surface area contributed by atoms with Crippen LogP contribution in [-0.4, -0.2) is 75.8 Å². The number of carboxylic acids is 1. The lowest BCUT2D eigenvalue weighted by Crippen LogP contribution is -2.46. The lowest BCUT2D eigenvalue weighted by molar-refractivity contribution is -0.124. The first-order valence-electron chi connectivity index (χ1n) is 8.07. The van der Waals surface area contributed by atoms with Crippen LogP contribution in [-0.2, 0) is 24.3 Å². The first-order chi connectivity index (χ1) is 12.4. The normalized spacial score (nSPS) is 18.1. The quantitative estimate of drug-likeness (QED) is 0.529. The van der Waals surface area contributed by atoms with Gasteiger partial charge in [-0.05, 0) is 25.0 Å². The van der Waals surface area contributed by atoms with Crippen molar-refractivity contribution < 1.29 is 37.0 Å². The fraction of sp³-hybridized carbons (Fsp3) is 0.600. The maximum atomic E-state index is 12.7. The molecular weight excluding hydrogens is 368 g/mol. The van der Waals surface area contributed by atoms with Crippen molar-refractivity contribution in [1.29, 1.82) is 0 Å². The number of hydrogen-bond donors (Lipinski definition) is 2. The number of nitrogens with zero attached hydrogens (tertiary/aromatic N) is 1. The van der Waals surface area contributed by atoms with Crippen LogP contribution in [0.5, 0.6) is 0 Å². The number of carbonyl (C=O) groups excluding carboxylic acids is 1. The maximum absolute atomic E-state index is 12.7. The Kier molecular flexibility index (Phi) is 7.14. The Morgan fingerprint density at radius 3 is 2.77 bits per heavy atom. The molecule has 10 nitrogen and oxygen atoms in total. The minimum absolute atomic E-state index is 0.161. The average molecular weight is 390 g/mol. The zero-order chi connectivity index (χ0) is 19.2. The third-order valence-electron chi connectivity index (χ3n) is 3.84. The number of furan rings is 1. The largest absolute Gasteiger partial charge is 0.475 e. The van der Waals surface area contributed by atoms with E-state index >= 15 is 0 Å². The van der Waals surface area contributed by atoms with Crippen molar-refractivity contribution in [3.05, 3.63) is 17.9 Å². The fourth-order valence-corrected chi connectivity index (χ4v) is 4.16. The molecule has 146 valence electrons. The average Bonchev–Trinajstić information content (AvgIpc) is 3.27. The van der Waals surface area contributed by atoms with Gasteiger partial charge in [0, 0.05) is 20.2 Å². The predicted molar refractivity (Wildman–Crippen MR) is 88.3 cm³/mol. The van der Waals surface area contributed by atoms with E-state index in [9.17, 15) is 18.0 Å². The zero-order valence-electron chi connectivity index (χ0n) is 14.3. The van der Waals surface area contributed by atoms with Crippen molar-refractivity contribution in [3.63, 3.8) is 0 Å². The van der Waals surface area contributed by atoms with Crippen LogP contribution in [0.25, 0.3) is 0 Å². The van der Waals surface area contributed by atoms with Gasteiger partial charge in [-0.2, -0.15) is 4.31 Å². The Bertz CT molecular complexity index is 730. The smallest absolute Gasteiger partial charge is 0.371 e. The van der Waals surface area contributed by atoms with Crippen LogP contribution in [0, 0.1) is 0 Å². The van der Waals surface area contributed by atoms with Gasteiger partial charge in [0.1, 0.15) is 6.04 Å². The fourth-order valence-electron chi connectivity index (χ4n) is 2.59. The highest BCUT2D eigenvalue weighted by molar-refractivity contribution is 7.89. The molecule has 2 rings (SSSR count). The van der Waals surface area contributed by atoms with Gasteiger partial charge < -0.3 is 24.3 Å². The Hall–Kier alpha value is -1.95. The van der Waals surface area contributed by atoms with E-state index in [1.54, 1.807) is 7.11 Å². The van der Waals surface area contributed by atoms with Crippen LogP contribution in [0.15, 0.2) is 21.6 Å². The number of aromatic carboxylic acids is 1. The highest BCUT2D eigenvalue weighted by Crippen LogP contribution is 2.27. The molecule has 1 aliphatic rings. The third-order valence-corrected chi connectivity index (χ3v) is 5.62. The van der Waals surface area contributed by atoms with E-state index in [1.807, 2.05) is 0 Å². The topological polar surface area (TPSA) is 135 Å². The lowest BCUT2D eigenvalue weighted by atomic mass is 10.2. The molecule has 2 heterocycles. The van der Waals surface area contributed by atoms with Crippen LogP contribution < -0.4 is 5.32 Å². The Labute approximate surface area is 151 Å². The minimum atomic E-state index is -4.09. The van der Waals surface area contributed by atoms with Crippen LogP contribution in [0.4, 0.5) is 0 Å². The number of ether oxygens (including phenoxy) is 2. The first-order valence-corrected chi connectivity index (χ1v) is 9.51. The van der Waals surface area contributed by atoms with E-state index in [4.69, 9.17) is 19.0 Å². The van der Waals surface area contributed by atoms with E-state index in [0.717, 1.165) is 16.4 Å².